The van der Waals surface area contributed by atoms with Crippen molar-refractivity contribution >= 4 is 5.91 Å². The van der Waals surface area contributed by atoms with E-state index in [1.165, 1.54) is 212 Å². The number of amides is 1. The molecule has 0 radical (unpaired) electrons. The second-order valence-corrected chi connectivity index (χ2v) is 27.1. The SMILES string of the molecule is CCCCCCCC/C=C\CCCCCCCC(=O)NC(COC1OC(CO)C(OC2OC(CO)C(OC3OC(CO)C(O)C(O)C3O)C(O)C2O)C(O)C1O)C(O)/C=C/CCCCCCCCCCCCCCCCCCCCCCCCCCCCCCCC. The molecule has 3 aliphatic heterocycles. The van der Waals surface area contributed by atoms with Gasteiger partial charge < -0.3 is 89.9 Å². The molecule has 92 heavy (non-hydrogen) atoms. The number of unbranched alkanes of at least 4 members (excludes halogenated alkanes) is 41. The van der Waals surface area contributed by atoms with Gasteiger partial charge in [0.2, 0.25) is 5.91 Å². The summed E-state index contributed by atoms with van der Waals surface area (Å²) in [6.45, 7) is 1.75. The Morgan fingerprint density at radius 1 is 0.380 bits per heavy atom. The summed E-state index contributed by atoms with van der Waals surface area (Å²) in [7, 11) is 0. The van der Waals surface area contributed by atoms with Crippen LogP contribution in [0.3, 0.4) is 0 Å². The van der Waals surface area contributed by atoms with Crippen molar-refractivity contribution in [2.45, 2.75) is 407 Å². The van der Waals surface area contributed by atoms with Crippen molar-refractivity contribution in [1.29, 1.82) is 0 Å². The number of carbonyl (C=O) groups is 1. The Kier molecular flexibility index (Phi) is 50.7. The van der Waals surface area contributed by atoms with Crippen molar-refractivity contribution in [3.8, 4) is 0 Å². The van der Waals surface area contributed by atoms with Crippen LogP contribution in [0, 0.1) is 0 Å². The topological polar surface area (TPSA) is 307 Å². The first-order valence-electron chi connectivity index (χ1n) is 37.6. The zero-order valence-corrected chi connectivity index (χ0v) is 57.5. The zero-order chi connectivity index (χ0) is 66.8. The maximum Gasteiger partial charge on any atom is 0.220 e. The van der Waals surface area contributed by atoms with Crippen molar-refractivity contribution in [3.05, 3.63) is 24.3 Å². The molecule has 3 saturated heterocycles. The van der Waals surface area contributed by atoms with Crippen molar-refractivity contribution in [1.82, 2.24) is 5.32 Å². The summed E-state index contributed by atoms with van der Waals surface area (Å²) < 4.78 is 34.4. The normalized spacial score (nSPS) is 27.8. The largest absolute Gasteiger partial charge is 0.394 e. The van der Waals surface area contributed by atoms with Crippen LogP contribution in [0.4, 0.5) is 0 Å². The van der Waals surface area contributed by atoms with Crippen LogP contribution in [0.25, 0.3) is 0 Å². The molecule has 0 aromatic carbocycles. The minimum absolute atomic E-state index is 0.235. The van der Waals surface area contributed by atoms with Gasteiger partial charge in [0.25, 0.3) is 0 Å². The van der Waals surface area contributed by atoms with Crippen LogP contribution < -0.4 is 5.32 Å². The van der Waals surface area contributed by atoms with Gasteiger partial charge >= 0.3 is 0 Å². The van der Waals surface area contributed by atoms with E-state index in [1.54, 1.807) is 6.08 Å². The number of carbonyl (C=O) groups excluding carboxylic acids is 1. The fourth-order valence-electron chi connectivity index (χ4n) is 12.9. The molecule has 3 aliphatic rings. The summed E-state index contributed by atoms with van der Waals surface area (Å²) in [4.78, 5) is 13.4. The van der Waals surface area contributed by atoms with E-state index >= 15 is 0 Å². The van der Waals surface area contributed by atoms with E-state index in [-0.39, 0.29) is 18.9 Å². The van der Waals surface area contributed by atoms with Crippen LogP contribution in [0.2, 0.25) is 0 Å². The van der Waals surface area contributed by atoms with E-state index in [2.05, 4.69) is 31.3 Å². The second kappa shape index (κ2) is 55.2. The minimum Gasteiger partial charge on any atom is -0.394 e. The van der Waals surface area contributed by atoms with Gasteiger partial charge in [-0.3, -0.25) is 4.79 Å². The molecule has 0 aromatic heterocycles. The molecule has 0 spiro atoms. The molecule has 17 unspecified atom stereocenters. The molecule has 0 saturated carbocycles. The predicted molar refractivity (Wildman–Crippen MR) is 360 cm³/mol. The summed E-state index contributed by atoms with van der Waals surface area (Å²) in [5, 5.41) is 121. The standard InChI is InChI=1S/C73H137NO18/c1-3-5-7-9-11-13-15-17-19-20-21-22-23-24-25-26-27-28-29-30-31-32-33-34-35-37-38-40-42-44-46-48-50-57(78)56(74-61(79)51-49-47-45-43-41-39-36-18-16-14-12-10-8-6-4-2)55-87-71-67(85)64(82)69(59(53-76)89-71)92-73-68(86)65(83)70(60(54-77)90-73)91-72-66(84)63(81)62(80)58(52-75)88-72/h18,36,48,50,56-60,62-73,75-78,80-86H,3-17,19-35,37-47,49,51-55H2,1-2H3,(H,74,79)/b36-18-,50-48+. The van der Waals surface area contributed by atoms with Crippen molar-refractivity contribution in [2.75, 3.05) is 26.4 Å². The lowest BCUT2D eigenvalue weighted by Crippen LogP contribution is -2.66. The lowest BCUT2D eigenvalue weighted by Gasteiger charge is -2.48. The van der Waals surface area contributed by atoms with Crippen LogP contribution >= 0.6 is 0 Å². The average molecular weight is 1320 g/mol. The molecule has 19 nitrogen and oxygen atoms in total. The molecular formula is C73H137NO18. The fourth-order valence-corrected chi connectivity index (χ4v) is 12.9. The van der Waals surface area contributed by atoms with Gasteiger partial charge in [-0.05, 0) is 44.9 Å². The van der Waals surface area contributed by atoms with E-state index in [4.69, 9.17) is 28.4 Å². The van der Waals surface area contributed by atoms with Crippen molar-refractivity contribution in [2.24, 2.45) is 0 Å². The number of allylic oxidation sites excluding steroid dienone is 3. The van der Waals surface area contributed by atoms with Gasteiger partial charge in [0.1, 0.15) is 73.2 Å². The van der Waals surface area contributed by atoms with Gasteiger partial charge in [0.05, 0.1) is 38.6 Å². The Morgan fingerprint density at radius 3 is 1.05 bits per heavy atom. The third kappa shape index (κ3) is 36.2. The molecule has 0 bridgehead atoms. The van der Waals surface area contributed by atoms with Gasteiger partial charge in [-0.2, -0.15) is 0 Å². The van der Waals surface area contributed by atoms with Gasteiger partial charge in [-0.1, -0.05) is 276 Å². The molecular weight excluding hydrogens is 1180 g/mol. The fraction of sp³-hybridized carbons (Fsp3) is 0.932. The van der Waals surface area contributed by atoms with Gasteiger partial charge in [-0.25, -0.2) is 0 Å². The van der Waals surface area contributed by atoms with E-state index in [0.717, 1.165) is 64.2 Å². The van der Waals surface area contributed by atoms with Crippen LogP contribution in [0.1, 0.15) is 303 Å². The third-order valence-electron chi connectivity index (χ3n) is 19.0. The molecule has 3 rings (SSSR count). The molecule has 12 N–H and O–H groups in total. The number of ether oxygens (including phenoxy) is 6. The molecule has 19 heteroatoms. The summed E-state index contributed by atoms with van der Waals surface area (Å²) in [5.41, 5.74) is 0. The average Bonchev–Trinajstić information content (AvgIpc) is 0.837. The lowest BCUT2D eigenvalue weighted by molar-refractivity contribution is -0.379. The van der Waals surface area contributed by atoms with Crippen LogP contribution in [-0.2, 0) is 33.2 Å². The van der Waals surface area contributed by atoms with E-state index in [9.17, 15) is 61.0 Å². The predicted octanol–water partition coefficient (Wildman–Crippen LogP) is 11.0. The molecule has 542 valence electrons. The van der Waals surface area contributed by atoms with Gasteiger partial charge in [-0.15, -0.1) is 0 Å². The number of hydrogen-bond donors (Lipinski definition) is 12. The molecule has 0 aromatic rings. The lowest BCUT2D eigenvalue weighted by atomic mass is 9.96. The number of hydrogen-bond acceptors (Lipinski definition) is 18. The first-order valence-corrected chi connectivity index (χ1v) is 37.6. The Morgan fingerprint density at radius 2 is 0.685 bits per heavy atom. The minimum atomic E-state index is -1.98. The van der Waals surface area contributed by atoms with Crippen LogP contribution in [-0.4, -0.2) is 193 Å². The number of nitrogens with one attached hydrogen (secondary N) is 1. The van der Waals surface area contributed by atoms with Crippen LogP contribution in [0.15, 0.2) is 24.3 Å². The van der Waals surface area contributed by atoms with Crippen molar-refractivity contribution in [3.63, 3.8) is 0 Å². The van der Waals surface area contributed by atoms with E-state index < -0.39 is 124 Å². The zero-order valence-electron chi connectivity index (χ0n) is 57.5. The highest BCUT2D eigenvalue weighted by atomic mass is 16.8. The first kappa shape index (κ1) is 84.5. The highest BCUT2D eigenvalue weighted by Crippen LogP contribution is 2.33. The number of aliphatic hydroxyl groups is 11. The first-order chi connectivity index (χ1) is 44.8. The molecule has 17 atom stereocenters. The Bertz CT molecular complexity index is 1760. The van der Waals surface area contributed by atoms with Gasteiger partial charge in [0, 0.05) is 6.42 Å². The monoisotopic (exact) mass is 1320 g/mol. The summed E-state index contributed by atoms with van der Waals surface area (Å²) in [6, 6.07) is -0.976. The quantitative estimate of drug-likeness (QED) is 0.0199. The van der Waals surface area contributed by atoms with Crippen LogP contribution in [0.5, 0.6) is 0 Å². The summed E-state index contributed by atoms with van der Waals surface area (Å²) in [6.07, 6.45) is 37.5. The molecule has 3 fully saturated rings. The molecule has 3 heterocycles. The molecule has 1 amide bonds. The Labute approximate surface area is 556 Å². The maximum atomic E-state index is 13.4. The number of rotatable bonds is 59. The van der Waals surface area contributed by atoms with E-state index in [0.29, 0.717) is 6.42 Å². The Hall–Kier alpha value is -1.73. The number of aliphatic hydroxyl groups excluding tert-OH is 11. The molecule has 0 aliphatic carbocycles. The highest BCUT2D eigenvalue weighted by molar-refractivity contribution is 5.76. The van der Waals surface area contributed by atoms with Crippen molar-refractivity contribution < 1.29 is 89.4 Å². The smallest absolute Gasteiger partial charge is 0.220 e. The Balaban J connectivity index is 1.37. The third-order valence-corrected chi connectivity index (χ3v) is 19.0. The second-order valence-electron chi connectivity index (χ2n) is 27.1. The summed E-state index contributed by atoms with van der Waals surface area (Å²) >= 11 is 0. The summed E-state index contributed by atoms with van der Waals surface area (Å²) in [5.74, 6) is -0.281. The van der Waals surface area contributed by atoms with Gasteiger partial charge in [0.15, 0.2) is 18.9 Å². The maximum absolute atomic E-state index is 13.4. The van der Waals surface area contributed by atoms with E-state index in [1.807, 2.05) is 6.08 Å². The highest BCUT2D eigenvalue weighted by Gasteiger charge is 2.53.